The van der Waals surface area contributed by atoms with Crippen molar-refractivity contribution in [1.82, 2.24) is 19.3 Å². The van der Waals surface area contributed by atoms with Crippen molar-refractivity contribution in [3.63, 3.8) is 0 Å². The number of aliphatic hydroxyl groups is 1. The standard InChI is InChI=1S/C37H38FN5O4S/c1-35-16-21-18-40-43(24-8-6-23(38)7-9-24)29(21)15-22(35)5-10-25-26-12-13-37(47,36(26,2)17-30(44)32(25)35)31(45)19-48-34-41-27-14-20(33(39)46)4-11-28(27)42(34)3/h4,6-9,11,14-15,18,25-26,32,47H,5,10,12-13,16-17,19H2,1-3H3,(H2,39,46)/t25?,26?,32?,35?,36?,37-/m0/s1. The maximum Gasteiger partial charge on any atom is 0.248 e. The molecule has 2 aromatic heterocycles. The van der Waals surface area contributed by atoms with Crippen LogP contribution in [-0.4, -0.2) is 53.3 Å². The third-order valence-corrected chi connectivity index (χ3v) is 13.4. The summed E-state index contributed by atoms with van der Waals surface area (Å²) in [6, 6.07) is 11.4. The van der Waals surface area contributed by atoms with Gasteiger partial charge in [0.2, 0.25) is 5.91 Å². The average Bonchev–Trinajstić information content (AvgIpc) is 3.69. The number of Topliss-reactive ketones (excluding diaryl/α,β-unsaturated/α-hetero) is 2. The number of carbonyl (C=O) groups excluding carboxylic acids is 3. The molecular weight excluding hydrogens is 630 g/mol. The predicted octanol–water partition coefficient (Wildman–Crippen LogP) is 5.45. The summed E-state index contributed by atoms with van der Waals surface area (Å²) in [6.45, 7) is 4.17. The molecule has 0 saturated heterocycles. The highest BCUT2D eigenvalue weighted by Gasteiger charge is 2.68. The van der Waals surface area contributed by atoms with Crippen LogP contribution >= 0.6 is 11.8 Å². The molecule has 8 rings (SSSR count). The van der Waals surface area contributed by atoms with Gasteiger partial charge in [0.15, 0.2) is 10.9 Å². The lowest BCUT2D eigenvalue weighted by Gasteiger charge is -2.57. The third kappa shape index (κ3) is 4.35. The Morgan fingerprint density at radius 3 is 2.65 bits per heavy atom. The fourth-order valence-electron chi connectivity index (χ4n) is 9.84. The third-order valence-electron chi connectivity index (χ3n) is 12.3. The number of allylic oxidation sites excluding steroid dienone is 1. The van der Waals surface area contributed by atoms with Crippen LogP contribution in [0.4, 0.5) is 4.39 Å². The smallest absolute Gasteiger partial charge is 0.248 e. The second-order valence-corrected chi connectivity index (χ2v) is 15.6. The number of fused-ring (bicyclic) bond motifs is 7. The van der Waals surface area contributed by atoms with Crippen molar-refractivity contribution >= 4 is 46.3 Å². The van der Waals surface area contributed by atoms with Crippen LogP contribution in [0.3, 0.4) is 0 Å². The van der Waals surface area contributed by atoms with Gasteiger partial charge in [0.05, 0.1) is 34.4 Å². The summed E-state index contributed by atoms with van der Waals surface area (Å²) in [5, 5.41) is 17.5. The Balaban J connectivity index is 1.04. The van der Waals surface area contributed by atoms with Crippen molar-refractivity contribution in [3.8, 4) is 5.69 Å². The van der Waals surface area contributed by atoms with E-state index in [0.717, 1.165) is 35.3 Å². The number of benzene rings is 2. The fraction of sp³-hybridized carbons (Fsp3) is 0.432. The molecule has 6 atom stereocenters. The van der Waals surface area contributed by atoms with E-state index < -0.39 is 16.9 Å². The zero-order chi connectivity index (χ0) is 33.7. The van der Waals surface area contributed by atoms with Gasteiger partial charge in [0.1, 0.15) is 17.2 Å². The lowest BCUT2D eigenvalue weighted by molar-refractivity contribution is -0.166. The van der Waals surface area contributed by atoms with Gasteiger partial charge in [0.25, 0.3) is 0 Å². The Hall–Kier alpha value is -4.09. The van der Waals surface area contributed by atoms with Crippen LogP contribution < -0.4 is 5.73 Å². The molecule has 0 aliphatic heterocycles. The maximum atomic E-state index is 14.4. The minimum absolute atomic E-state index is 0.0202. The van der Waals surface area contributed by atoms with Crippen LogP contribution in [0.5, 0.6) is 0 Å². The van der Waals surface area contributed by atoms with Gasteiger partial charge in [-0.3, -0.25) is 14.4 Å². The number of carbonyl (C=O) groups is 3. The number of thioether (sulfide) groups is 1. The lowest BCUT2D eigenvalue weighted by Crippen LogP contribution is -2.61. The molecule has 3 saturated carbocycles. The van der Waals surface area contributed by atoms with E-state index in [9.17, 15) is 23.9 Å². The van der Waals surface area contributed by atoms with E-state index in [1.807, 2.05) is 29.4 Å². The molecule has 2 aromatic carbocycles. The van der Waals surface area contributed by atoms with E-state index in [1.165, 1.54) is 29.5 Å². The van der Waals surface area contributed by atoms with E-state index in [1.54, 1.807) is 30.3 Å². The minimum Gasteiger partial charge on any atom is -0.381 e. The number of ketones is 2. The largest absolute Gasteiger partial charge is 0.381 e. The molecule has 4 aliphatic carbocycles. The lowest BCUT2D eigenvalue weighted by atomic mass is 9.46. The van der Waals surface area contributed by atoms with Crippen molar-refractivity contribution < 1.29 is 23.9 Å². The molecule has 3 fully saturated rings. The highest BCUT2D eigenvalue weighted by molar-refractivity contribution is 7.99. The van der Waals surface area contributed by atoms with Gasteiger partial charge in [-0.25, -0.2) is 14.1 Å². The van der Waals surface area contributed by atoms with Gasteiger partial charge in [0, 0.05) is 35.8 Å². The molecule has 2 heterocycles. The van der Waals surface area contributed by atoms with Crippen LogP contribution in [-0.2, 0) is 23.1 Å². The molecule has 3 N–H and O–H groups in total. The highest BCUT2D eigenvalue weighted by atomic mass is 32.2. The molecular formula is C37H38FN5O4S. The highest BCUT2D eigenvalue weighted by Crippen LogP contribution is 2.66. The molecule has 0 spiro atoms. The van der Waals surface area contributed by atoms with Crippen molar-refractivity contribution in [2.45, 2.75) is 63.1 Å². The number of amides is 1. The number of halogens is 1. The van der Waals surface area contributed by atoms with Crippen LogP contribution in [0.1, 0.15) is 67.6 Å². The summed E-state index contributed by atoms with van der Waals surface area (Å²) in [5.41, 5.74) is 8.46. The topological polar surface area (TPSA) is 133 Å². The number of aromatic nitrogens is 4. The minimum atomic E-state index is -1.61. The Morgan fingerprint density at radius 2 is 1.90 bits per heavy atom. The molecule has 9 nitrogen and oxygen atoms in total. The van der Waals surface area contributed by atoms with Crippen molar-refractivity contribution in [2.75, 3.05) is 5.75 Å². The number of rotatable bonds is 6. The maximum absolute atomic E-state index is 14.4. The summed E-state index contributed by atoms with van der Waals surface area (Å²) in [5.74, 6) is -1.04. The Kier molecular flexibility index (Phi) is 6.96. The Bertz CT molecular complexity index is 2070. The zero-order valence-electron chi connectivity index (χ0n) is 27.2. The molecule has 11 heteroatoms. The molecule has 248 valence electrons. The molecule has 4 aromatic rings. The Labute approximate surface area is 281 Å². The normalized spacial score (nSPS) is 30.7. The zero-order valence-corrected chi connectivity index (χ0v) is 28.0. The molecule has 0 radical (unpaired) electrons. The van der Waals surface area contributed by atoms with Gasteiger partial charge in [-0.05, 0) is 98.0 Å². The first-order chi connectivity index (χ1) is 22.8. The van der Waals surface area contributed by atoms with Crippen LogP contribution in [0.15, 0.2) is 59.4 Å². The summed E-state index contributed by atoms with van der Waals surface area (Å²) in [4.78, 5) is 44.6. The SMILES string of the molecule is Cn1c(SCC(=O)[C@@]2(O)CCC3C4CCC5=Cc6c(cnn6-c6ccc(F)cc6)CC5(C)C4C(=O)CC32C)nc2cc(C(N)=O)ccc21. The van der Waals surface area contributed by atoms with Crippen LogP contribution in [0, 0.1) is 34.4 Å². The number of hydrogen-bond acceptors (Lipinski definition) is 7. The first-order valence-electron chi connectivity index (χ1n) is 16.6. The van der Waals surface area contributed by atoms with Crippen LogP contribution in [0.2, 0.25) is 0 Å². The van der Waals surface area contributed by atoms with Crippen LogP contribution in [0.25, 0.3) is 22.8 Å². The van der Waals surface area contributed by atoms with E-state index in [0.29, 0.717) is 35.5 Å². The van der Waals surface area contributed by atoms with Gasteiger partial charge >= 0.3 is 0 Å². The summed E-state index contributed by atoms with van der Waals surface area (Å²) < 4.78 is 17.3. The number of hydrogen-bond donors (Lipinski definition) is 2. The van der Waals surface area contributed by atoms with Crippen molar-refractivity contribution in [1.29, 1.82) is 0 Å². The number of imidazole rings is 1. The number of nitrogens with two attached hydrogens (primary N) is 1. The van der Waals surface area contributed by atoms with Crippen molar-refractivity contribution in [2.24, 2.45) is 41.4 Å². The predicted molar refractivity (Wildman–Crippen MR) is 180 cm³/mol. The van der Waals surface area contributed by atoms with E-state index >= 15 is 0 Å². The van der Waals surface area contributed by atoms with Gasteiger partial charge in [-0.2, -0.15) is 5.10 Å². The summed E-state index contributed by atoms with van der Waals surface area (Å²) in [7, 11) is 1.85. The Morgan fingerprint density at radius 1 is 1.12 bits per heavy atom. The summed E-state index contributed by atoms with van der Waals surface area (Å²) in [6.07, 6.45) is 7.59. The van der Waals surface area contributed by atoms with Gasteiger partial charge in [-0.1, -0.05) is 31.2 Å². The molecule has 5 unspecified atom stereocenters. The number of nitrogens with zero attached hydrogens (tertiary/aromatic N) is 4. The number of primary amides is 1. The molecule has 1 amide bonds. The van der Waals surface area contributed by atoms with Gasteiger partial charge in [-0.15, -0.1) is 0 Å². The molecule has 4 aliphatic rings. The number of aryl methyl sites for hydroxylation is 1. The van der Waals surface area contributed by atoms with E-state index in [4.69, 9.17) is 5.73 Å². The van der Waals surface area contributed by atoms with E-state index in [2.05, 4.69) is 23.1 Å². The average molecular weight is 668 g/mol. The first-order valence-corrected chi connectivity index (χ1v) is 17.5. The monoisotopic (exact) mass is 667 g/mol. The molecule has 48 heavy (non-hydrogen) atoms. The summed E-state index contributed by atoms with van der Waals surface area (Å²) >= 11 is 1.26. The van der Waals surface area contributed by atoms with Crippen molar-refractivity contribution in [3.05, 3.63) is 76.9 Å². The second-order valence-electron chi connectivity index (χ2n) is 14.7. The van der Waals surface area contributed by atoms with Gasteiger partial charge < -0.3 is 15.4 Å². The first kappa shape index (κ1) is 31.2. The fourth-order valence-corrected chi connectivity index (χ4v) is 10.8. The second kappa shape index (κ2) is 10.7. The van der Waals surface area contributed by atoms with E-state index in [-0.39, 0.29) is 52.7 Å². The molecule has 0 bridgehead atoms. The quantitative estimate of drug-likeness (QED) is 0.261.